The predicted octanol–water partition coefficient (Wildman–Crippen LogP) is 5.28. The van der Waals surface area contributed by atoms with Gasteiger partial charge < -0.3 is 4.74 Å². The highest BCUT2D eigenvalue weighted by atomic mass is 32.2. The molecule has 10 heteroatoms. The molecule has 0 N–H and O–H groups in total. The van der Waals surface area contributed by atoms with Crippen molar-refractivity contribution in [2.45, 2.75) is 38.1 Å². The van der Waals surface area contributed by atoms with Crippen LogP contribution in [0.1, 0.15) is 41.4 Å². The summed E-state index contributed by atoms with van der Waals surface area (Å²) in [6, 6.07) is 15.4. The smallest absolute Gasteiger partial charge is 0.260 e. The molecule has 0 spiro atoms. The van der Waals surface area contributed by atoms with Crippen LogP contribution >= 0.6 is 11.3 Å². The molecule has 0 unspecified atom stereocenters. The highest BCUT2D eigenvalue weighted by Crippen LogP contribution is 2.37. The van der Waals surface area contributed by atoms with E-state index >= 15 is 0 Å². The summed E-state index contributed by atoms with van der Waals surface area (Å²) in [7, 11) is -0.466. The lowest BCUT2D eigenvalue weighted by Crippen LogP contribution is -2.31. The van der Waals surface area contributed by atoms with E-state index in [2.05, 4.69) is 4.98 Å². The number of anilines is 1. The van der Waals surface area contributed by atoms with Crippen LogP contribution in [0.4, 0.5) is 5.13 Å². The Kier molecular flexibility index (Phi) is 8.21. The Balaban J connectivity index is 1.71. The number of carbonyl (C=O) groups is 1. The van der Waals surface area contributed by atoms with E-state index in [-0.39, 0.29) is 17.3 Å². The highest BCUT2D eigenvalue weighted by molar-refractivity contribution is 7.89. The van der Waals surface area contributed by atoms with Crippen LogP contribution < -0.4 is 9.64 Å². The average molecular weight is 539 g/mol. The van der Waals surface area contributed by atoms with Crippen LogP contribution in [-0.2, 0) is 16.6 Å². The number of hydrogen-bond acceptors (Lipinski definition) is 7. The van der Waals surface area contributed by atoms with Crippen LogP contribution in [0.25, 0.3) is 10.2 Å². The molecule has 1 amide bonds. The molecule has 194 valence electrons. The third-order valence-corrected chi connectivity index (χ3v) is 9.16. The molecular weight excluding hydrogens is 508 g/mol. The number of rotatable bonds is 10. The van der Waals surface area contributed by atoms with E-state index in [1.807, 2.05) is 44.2 Å². The summed E-state index contributed by atoms with van der Waals surface area (Å²) in [6.07, 6.45) is 3.36. The topological polar surface area (TPSA) is 92.7 Å². The molecular formula is C27H30N4O4S2. The molecule has 0 saturated carbocycles. The molecule has 4 aromatic rings. The van der Waals surface area contributed by atoms with Crippen LogP contribution in [0.15, 0.2) is 65.7 Å². The Morgan fingerprint density at radius 2 is 1.84 bits per heavy atom. The lowest BCUT2D eigenvalue weighted by molar-refractivity contribution is 0.0984. The van der Waals surface area contributed by atoms with E-state index in [1.54, 1.807) is 37.4 Å². The fraction of sp³-hybridized carbons (Fsp3) is 0.296. The number of fused-ring (bicyclic) bond motifs is 1. The van der Waals surface area contributed by atoms with Crippen molar-refractivity contribution in [3.63, 3.8) is 0 Å². The van der Waals surface area contributed by atoms with E-state index in [0.29, 0.717) is 34.2 Å². The summed E-state index contributed by atoms with van der Waals surface area (Å²) in [5.74, 6) is 0.333. The van der Waals surface area contributed by atoms with Crippen molar-refractivity contribution >= 4 is 42.6 Å². The zero-order chi connectivity index (χ0) is 26.6. The van der Waals surface area contributed by atoms with E-state index in [0.717, 1.165) is 23.1 Å². The van der Waals surface area contributed by atoms with E-state index in [1.165, 1.54) is 27.8 Å². The number of methoxy groups -OCH3 is 1. The molecule has 2 heterocycles. The van der Waals surface area contributed by atoms with Gasteiger partial charge in [-0.3, -0.25) is 14.7 Å². The van der Waals surface area contributed by atoms with Gasteiger partial charge in [0.25, 0.3) is 5.91 Å². The molecule has 8 nitrogen and oxygen atoms in total. The van der Waals surface area contributed by atoms with Gasteiger partial charge in [-0.05, 0) is 61.4 Å². The van der Waals surface area contributed by atoms with Gasteiger partial charge in [-0.15, -0.1) is 0 Å². The van der Waals surface area contributed by atoms with Crippen molar-refractivity contribution in [1.82, 2.24) is 14.3 Å². The van der Waals surface area contributed by atoms with E-state index in [4.69, 9.17) is 9.72 Å². The van der Waals surface area contributed by atoms with Crippen LogP contribution in [0.5, 0.6) is 5.75 Å². The number of hydrogen-bond donors (Lipinski definition) is 0. The van der Waals surface area contributed by atoms with Gasteiger partial charge in [-0.1, -0.05) is 36.8 Å². The Morgan fingerprint density at radius 3 is 2.49 bits per heavy atom. The number of benzene rings is 2. The van der Waals surface area contributed by atoms with Crippen molar-refractivity contribution in [1.29, 1.82) is 0 Å². The van der Waals surface area contributed by atoms with Crippen molar-refractivity contribution in [3.8, 4) is 5.75 Å². The van der Waals surface area contributed by atoms with Gasteiger partial charge in [0.1, 0.15) is 11.3 Å². The minimum atomic E-state index is -3.63. The van der Waals surface area contributed by atoms with Crippen LogP contribution in [0.2, 0.25) is 0 Å². The summed E-state index contributed by atoms with van der Waals surface area (Å²) in [6.45, 7) is 4.66. The molecule has 0 bridgehead atoms. The zero-order valence-corrected chi connectivity index (χ0v) is 23.0. The first-order chi connectivity index (χ1) is 17.8. The van der Waals surface area contributed by atoms with Crippen LogP contribution in [-0.4, -0.2) is 49.3 Å². The molecule has 0 aliphatic rings. The summed E-state index contributed by atoms with van der Waals surface area (Å²) in [5.41, 5.74) is 2.79. The minimum Gasteiger partial charge on any atom is -0.494 e. The molecule has 2 aromatic carbocycles. The molecule has 0 fully saturated rings. The van der Waals surface area contributed by atoms with E-state index < -0.39 is 10.0 Å². The second kappa shape index (κ2) is 11.4. The quantitative estimate of drug-likeness (QED) is 0.273. The van der Waals surface area contributed by atoms with Gasteiger partial charge in [0.2, 0.25) is 10.0 Å². The lowest BCUT2D eigenvalue weighted by atomic mass is 10.2. The maximum atomic E-state index is 13.8. The first-order valence-corrected chi connectivity index (χ1v) is 14.2. The van der Waals surface area contributed by atoms with Gasteiger partial charge in [0.05, 0.1) is 28.9 Å². The van der Waals surface area contributed by atoms with Crippen molar-refractivity contribution in [2.75, 3.05) is 25.6 Å². The maximum absolute atomic E-state index is 13.8. The molecule has 0 atom stereocenters. The summed E-state index contributed by atoms with van der Waals surface area (Å²) >= 11 is 1.41. The Labute approximate surface area is 221 Å². The first kappa shape index (κ1) is 26.7. The van der Waals surface area contributed by atoms with Gasteiger partial charge in [-0.25, -0.2) is 17.7 Å². The number of nitrogens with zero attached hydrogens (tertiary/aromatic N) is 4. The van der Waals surface area contributed by atoms with Gasteiger partial charge in [-0.2, -0.15) is 0 Å². The first-order valence-electron chi connectivity index (χ1n) is 12.0. The van der Waals surface area contributed by atoms with Gasteiger partial charge >= 0.3 is 0 Å². The molecule has 0 aliphatic heterocycles. The number of unbranched alkanes of at least 4 members (excludes halogenated alkanes) is 1. The monoisotopic (exact) mass is 538 g/mol. The fourth-order valence-electron chi connectivity index (χ4n) is 3.86. The average Bonchev–Trinajstić information content (AvgIpc) is 3.37. The van der Waals surface area contributed by atoms with Crippen LogP contribution in [0.3, 0.4) is 0 Å². The number of aromatic nitrogens is 2. The summed E-state index contributed by atoms with van der Waals surface area (Å²) in [4.78, 5) is 24.7. The molecule has 37 heavy (non-hydrogen) atoms. The number of sulfonamides is 1. The Hall–Kier alpha value is -3.34. The second-order valence-electron chi connectivity index (χ2n) is 8.68. The van der Waals surface area contributed by atoms with Crippen molar-refractivity contribution < 1.29 is 17.9 Å². The van der Waals surface area contributed by atoms with Crippen molar-refractivity contribution in [3.05, 3.63) is 77.6 Å². The van der Waals surface area contributed by atoms with E-state index in [9.17, 15) is 13.2 Å². The highest BCUT2D eigenvalue weighted by Gasteiger charge is 2.25. The largest absolute Gasteiger partial charge is 0.494 e. The summed E-state index contributed by atoms with van der Waals surface area (Å²) in [5, 5.41) is 0.509. The number of pyridine rings is 1. The number of ether oxygens (including phenoxy) is 1. The number of amides is 1. The maximum Gasteiger partial charge on any atom is 0.260 e. The lowest BCUT2D eigenvalue weighted by Gasteiger charge is -2.20. The van der Waals surface area contributed by atoms with Gasteiger partial charge in [0, 0.05) is 25.4 Å². The molecule has 0 aliphatic carbocycles. The predicted molar refractivity (Wildman–Crippen MR) is 147 cm³/mol. The zero-order valence-electron chi connectivity index (χ0n) is 21.3. The third kappa shape index (κ3) is 5.66. The minimum absolute atomic E-state index is 0.152. The third-order valence-electron chi connectivity index (χ3n) is 6.07. The molecule has 4 rings (SSSR count). The SMILES string of the molecule is CCCCN(C)S(=O)(=O)c1ccc(C(=O)N(Cc2ccccn2)c2nc3c(OC)ccc(C)c3s2)cc1. The van der Waals surface area contributed by atoms with Gasteiger partial charge in [0.15, 0.2) is 5.13 Å². The Morgan fingerprint density at radius 1 is 1.08 bits per heavy atom. The summed E-state index contributed by atoms with van der Waals surface area (Å²) < 4.78 is 33.6. The standard InChI is InChI=1S/C27H30N4O4S2/c1-5-6-17-30(3)37(33,34)22-13-11-20(12-14-22)26(32)31(18-21-9-7-8-16-28-21)27-29-24-23(35-4)15-10-19(2)25(24)36-27/h7-16H,5-6,17-18H2,1-4H3. The fourth-order valence-corrected chi connectivity index (χ4v) is 6.12. The number of aryl methyl sites for hydroxylation is 1. The van der Waals surface area contributed by atoms with Crippen LogP contribution in [0, 0.1) is 6.92 Å². The number of carbonyl (C=O) groups excluding carboxylic acids is 1. The molecule has 0 saturated heterocycles. The second-order valence-corrected chi connectivity index (χ2v) is 11.7. The Bertz CT molecular complexity index is 1490. The molecule has 0 radical (unpaired) electrons. The normalized spacial score (nSPS) is 11.7. The van der Waals surface area contributed by atoms with Crippen molar-refractivity contribution in [2.24, 2.45) is 0 Å². The molecule has 2 aromatic heterocycles. The number of thiazole rings is 1.